The monoisotopic (exact) mass is 570 g/mol. The van der Waals surface area contributed by atoms with Crippen molar-refractivity contribution in [2.75, 3.05) is 32.1 Å². The van der Waals surface area contributed by atoms with E-state index in [4.69, 9.17) is 15.0 Å². The molecule has 224 valence electrons. The maximum Gasteiger partial charge on any atom is 0.264 e. The number of alkyl halides is 2. The van der Waals surface area contributed by atoms with E-state index in [1.165, 1.54) is 43.9 Å². The van der Waals surface area contributed by atoms with E-state index in [0.717, 1.165) is 80.8 Å². The summed E-state index contributed by atoms with van der Waals surface area (Å²) in [7, 11) is 4.97. The van der Waals surface area contributed by atoms with Crippen LogP contribution < -0.4 is 4.90 Å². The highest BCUT2D eigenvalue weighted by atomic mass is 19.3. The molecule has 4 heterocycles. The van der Waals surface area contributed by atoms with Crippen LogP contribution >= 0.6 is 0 Å². The fraction of sp³-hybridized carbons (Fsp3) is 0.581. The van der Waals surface area contributed by atoms with Crippen LogP contribution in [0.15, 0.2) is 24.5 Å². The Hall–Kier alpha value is -3.11. The summed E-state index contributed by atoms with van der Waals surface area (Å²) in [6, 6.07) is 4.14. The first-order valence-electron chi connectivity index (χ1n) is 14.7. The van der Waals surface area contributed by atoms with Gasteiger partial charge >= 0.3 is 0 Å². The molecule has 1 aromatic carbocycles. The Morgan fingerprint density at radius 2 is 1.78 bits per heavy atom. The van der Waals surface area contributed by atoms with Gasteiger partial charge in [-0.2, -0.15) is 10.2 Å². The van der Waals surface area contributed by atoms with E-state index >= 15 is 0 Å². The third kappa shape index (κ3) is 6.54. The Morgan fingerprint density at radius 1 is 1.07 bits per heavy atom. The third-order valence-corrected chi connectivity index (χ3v) is 8.46. The highest BCUT2D eigenvalue weighted by Gasteiger charge is 2.33. The van der Waals surface area contributed by atoms with Crippen molar-refractivity contribution in [2.45, 2.75) is 77.8 Å². The average Bonchev–Trinajstić information content (AvgIpc) is 3.57. The summed E-state index contributed by atoms with van der Waals surface area (Å²) < 4.78 is 32.7. The number of hydrogen-bond donors (Lipinski definition) is 1. The summed E-state index contributed by atoms with van der Waals surface area (Å²) in [5, 5.41) is 16.5. The Balaban J connectivity index is 0.000000728. The number of benzene rings is 1. The van der Waals surface area contributed by atoms with Crippen LogP contribution in [-0.2, 0) is 31.2 Å². The molecule has 0 amide bonds. The van der Waals surface area contributed by atoms with Crippen LogP contribution in [0.3, 0.4) is 0 Å². The van der Waals surface area contributed by atoms with Crippen molar-refractivity contribution in [3.05, 3.63) is 46.9 Å². The van der Waals surface area contributed by atoms with E-state index < -0.39 is 6.43 Å². The van der Waals surface area contributed by atoms with Crippen LogP contribution in [0.25, 0.3) is 11.1 Å². The molecule has 1 fully saturated rings. The quantitative estimate of drug-likeness (QED) is 0.396. The average molecular weight is 571 g/mol. The highest BCUT2D eigenvalue weighted by molar-refractivity contribution is 5.76. The zero-order valence-corrected chi connectivity index (χ0v) is 25.0. The SMILES string of the molecule is CC1CCC(n2nc(N3CCCc4cc(-c5cnn(C)c5)c(C(F)F)cc43)c3c2CCN(C)C3)CC1.CC=O.CO. The lowest BCUT2D eigenvalue weighted by Crippen LogP contribution is -2.30. The summed E-state index contributed by atoms with van der Waals surface area (Å²) in [6.07, 6.45) is 9.37. The molecule has 0 radical (unpaired) electrons. The normalized spacial score (nSPS) is 20.4. The van der Waals surface area contributed by atoms with Crippen LogP contribution in [0, 0.1) is 5.92 Å². The van der Waals surface area contributed by atoms with Crippen molar-refractivity contribution in [1.82, 2.24) is 24.5 Å². The van der Waals surface area contributed by atoms with Crippen molar-refractivity contribution in [3.8, 4) is 11.1 Å². The third-order valence-electron chi connectivity index (χ3n) is 8.46. The van der Waals surface area contributed by atoms with Crippen molar-refractivity contribution in [3.63, 3.8) is 0 Å². The molecule has 3 aliphatic rings. The Kier molecular flexibility index (Phi) is 10.3. The van der Waals surface area contributed by atoms with E-state index in [9.17, 15) is 8.78 Å². The number of aldehydes is 1. The van der Waals surface area contributed by atoms with E-state index in [1.807, 2.05) is 19.3 Å². The largest absolute Gasteiger partial charge is 0.400 e. The number of rotatable bonds is 4. The number of likely N-dealkylation sites (N-methyl/N-ethyl adjacent to an activating group) is 1. The summed E-state index contributed by atoms with van der Waals surface area (Å²) in [5.41, 5.74) is 6.04. The lowest BCUT2D eigenvalue weighted by Gasteiger charge is -2.33. The zero-order chi connectivity index (χ0) is 29.7. The molecule has 10 heteroatoms. The number of aliphatic hydroxyl groups is 1. The Bertz CT molecular complexity index is 1310. The number of anilines is 2. The fourth-order valence-corrected chi connectivity index (χ4v) is 6.43. The van der Waals surface area contributed by atoms with Gasteiger partial charge in [0.2, 0.25) is 0 Å². The van der Waals surface area contributed by atoms with Crippen LogP contribution in [0.5, 0.6) is 0 Å². The molecule has 1 N–H and O–H groups in total. The smallest absolute Gasteiger partial charge is 0.264 e. The van der Waals surface area contributed by atoms with Gasteiger partial charge in [-0.25, -0.2) is 8.78 Å². The van der Waals surface area contributed by atoms with Gasteiger partial charge in [-0.05, 0) is 81.7 Å². The van der Waals surface area contributed by atoms with E-state index in [1.54, 1.807) is 16.9 Å². The molecule has 0 bridgehead atoms. The number of nitrogens with zero attached hydrogens (tertiary/aromatic N) is 6. The molecule has 0 spiro atoms. The van der Waals surface area contributed by atoms with Gasteiger partial charge in [0, 0.05) is 74.5 Å². The number of halogens is 2. The second-order valence-corrected chi connectivity index (χ2v) is 11.4. The van der Waals surface area contributed by atoms with Crippen LogP contribution in [0.4, 0.5) is 20.3 Å². The van der Waals surface area contributed by atoms with Gasteiger partial charge in [0.1, 0.15) is 6.29 Å². The van der Waals surface area contributed by atoms with Crippen molar-refractivity contribution in [1.29, 1.82) is 0 Å². The molecule has 0 unspecified atom stereocenters. The van der Waals surface area contributed by atoms with Crippen LogP contribution in [0.2, 0.25) is 0 Å². The molecule has 3 aromatic rings. The number of carbonyl (C=O) groups is 1. The second-order valence-electron chi connectivity index (χ2n) is 11.4. The molecule has 41 heavy (non-hydrogen) atoms. The summed E-state index contributed by atoms with van der Waals surface area (Å²) in [5.74, 6) is 1.76. The number of fused-ring (bicyclic) bond motifs is 2. The molecular weight excluding hydrogens is 526 g/mol. The predicted molar refractivity (Wildman–Crippen MR) is 158 cm³/mol. The summed E-state index contributed by atoms with van der Waals surface area (Å²) >= 11 is 0. The van der Waals surface area contributed by atoms with Gasteiger partial charge < -0.3 is 19.7 Å². The Labute approximate surface area is 241 Å². The topological polar surface area (TPSA) is 79.4 Å². The van der Waals surface area contributed by atoms with Crippen LogP contribution in [0.1, 0.15) is 80.8 Å². The van der Waals surface area contributed by atoms with Crippen molar-refractivity contribution in [2.24, 2.45) is 13.0 Å². The van der Waals surface area contributed by atoms with Crippen molar-refractivity contribution >= 4 is 17.8 Å². The second kappa shape index (κ2) is 13.7. The van der Waals surface area contributed by atoms with Crippen molar-refractivity contribution < 1.29 is 18.7 Å². The minimum absolute atomic E-state index is 0.0698. The van der Waals surface area contributed by atoms with Gasteiger partial charge in [0.25, 0.3) is 6.43 Å². The first-order chi connectivity index (χ1) is 19.8. The molecule has 8 nitrogen and oxygen atoms in total. The number of aryl methyl sites for hydroxylation is 2. The lowest BCUT2D eigenvalue weighted by molar-refractivity contribution is -0.106. The van der Waals surface area contributed by atoms with E-state index in [-0.39, 0.29) is 5.56 Å². The molecule has 6 rings (SSSR count). The van der Waals surface area contributed by atoms with Gasteiger partial charge in [0.15, 0.2) is 5.82 Å². The molecule has 1 saturated carbocycles. The van der Waals surface area contributed by atoms with E-state index in [0.29, 0.717) is 11.6 Å². The molecular formula is C31H44F2N6O2. The molecule has 0 saturated heterocycles. The summed E-state index contributed by atoms with van der Waals surface area (Å²) in [6.45, 7) is 6.48. The maximum absolute atomic E-state index is 14.4. The number of carbonyl (C=O) groups excluding carboxylic acids is 1. The maximum atomic E-state index is 14.4. The first kappa shape index (κ1) is 30.8. The minimum Gasteiger partial charge on any atom is -0.400 e. The van der Waals surface area contributed by atoms with Gasteiger partial charge in [-0.3, -0.25) is 9.36 Å². The molecule has 1 aliphatic carbocycles. The lowest BCUT2D eigenvalue weighted by atomic mass is 9.87. The molecule has 2 aliphatic heterocycles. The molecule has 2 aromatic heterocycles. The summed E-state index contributed by atoms with van der Waals surface area (Å²) in [4.78, 5) is 13.4. The van der Waals surface area contributed by atoms with Gasteiger partial charge in [-0.1, -0.05) is 6.92 Å². The predicted octanol–water partition coefficient (Wildman–Crippen LogP) is 5.86. The fourth-order valence-electron chi connectivity index (χ4n) is 6.43. The zero-order valence-electron chi connectivity index (χ0n) is 25.0. The number of aliphatic hydroxyl groups excluding tert-OH is 1. The standard InChI is InChI=1S/C28H36F2N6.C2H4O.CH4O/c1-18-6-8-21(9-7-18)36-25-10-12-33(2)17-24(25)28(32-36)35-11-4-5-19-13-22(20-15-31-34(3)16-20)23(27(29)30)14-26(19)35;1-2-3;1-2/h13-16,18,21,27H,4-12,17H2,1-3H3;2H,1H3;2H,1H3. The molecule has 0 atom stereocenters. The van der Waals surface area contributed by atoms with Gasteiger partial charge in [0.05, 0.1) is 12.2 Å². The van der Waals surface area contributed by atoms with Gasteiger partial charge in [-0.15, -0.1) is 0 Å². The number of aromatic nitrogens is 4. The number of hydrogen-bond acceptors (Lipinski definition) is 6. The van der Waals surface area contributed by atoms with E-state index in [2.05, 4.69) is 33.6 Å². The highest BCUT2D eigenvalue weighted by Crippen LogP contribution is 2.44. The first-order valence-corrected chi connectivity index (χ1v) is 14.7. The van der Waals surface area contributed by atoms with Crippen LogP contribution in [-0.4, -0.2) is 63.1 Å². The Morgan fingerprint density at radius 3 is 2.41 bits per heavy atom. The minimum atomic E-state index is -2.56.